The second-order valence-corrected chi connectivity index (χ2v) is 22.4. The van der Waals surface area contributed by atoms with Crippen molar-refractivity contribution in [2.24, 2.45) is 0 Å². The number of aromatic amines is 3. The summed E-state index contributed by atoms with van der Waals surface area (Å²) in [5.41, 5.74) is -3.44. The van der Waals surface area contributed by atoms with Gasteiger partial charge in [0.2, 0.25) is 17.8 Å². The van der Waals surface area contributed by atoms with E-state index in [1.807, 2.05) is 0 Å². The maximum absolute atomic E-state index is 15.0. The molecule has 0 radical (unpaired) electrons. The number of aliphatic hydroxyl groups excluding tert-OH is 6. The normalized spacial score (nSPS) is 23.9. The van der Waals surface area contributed by atoms with Crippen molar-refractivity contribution in [1.82, 2.24) is 58.6 Å². The van der Waals surface area contributed by atoms with Crippen LogP contribution in [0, 0.1) is 0 Å². The monoisotopic (exact) mass is 1300 g/mol. The first kappa shape index (κ1) is 62.5. The highest BCUT2D eigenvalue weighted by atomic mass is 31.2. The van der Waals surface area contributed by atoms with Crippen molar-refractivity contribution in [2.45, 2.75) is 73.6 Å². The van der Waals surface area contributed by atoms with Gasteiger partial charge in [0.15, 0.2) is 52.2 Å². The van der Waals surface area contributed by atoms with Crippen molar-refractivity contribution in [3.63, 3.8) is 0 Å². The molecule has 0 spiro atoms. The predicted molar refractivity (Wildman–Crippen MR) is 311 cm³/mol. The van der Waals surface area contributed by atoms with E-state index in [-0.39, 0.29) is 68.0 Å². The number of fused-ring (bicyclic) bond motifs is 3. The number of methoxy groups -OCH3 is 3. The summed E-state index contributed by atoms with van der Waals surface area (Å²) in [6.45, 7) is -2.86. The molecule has 0 bridgehead atoms. The smallest absolute Gasteiger partial charge is 0.475 e. The molecule has 3 fully saturated rings. The van der Waals surface area contributed by atoms with Crippen LogP contribution in [0.5, 0.6) is 17.2 Å². The van der Waals surface area contributed by atoms with Crippen LogP contribution in [0.4, 0.5) is 17.8 Å². The number of phosphoric acid groups is 1. The third kappa shape index (κ3) is 12.2. The Morgan fingerprint density at radius 3 is 0.967 bits per heavy atom. The molecule has 482 valence electrons. The third-order valence-corrected chi connectivity index (χ3v) is 16.5. The molecular weight excluding hydrogens is 1240 g/mol. The Hall–Kier alpha value is -9.73. The van der Waals surface area contributed by atoms with E-state index in [9.17, 15) is 59.4 Å². The molecule has 37 nitrogen and oxygen atoms in total. The summed E-state index contributed by atoms with van der Waals surface area (Å²) in [6.07, 6.45) is -17.7. The average Bonchev–Trinajstić information content (AvgIpc) is 1.64. The lowest BCUT2D eigenvalue weighted by molar-refractivity contribution is -0.0723. The largest absolute Gasteiger partial charge is 0.497 e. The van der Waals surface area contributed by atoms with Crippen molar-refractivity contribution in [1.29, 1.82) is 0 Å². The lowest BCUT2D eigenvalue weighted by Crippen LogP contribution is -2.35. The van der Waals surface area contributed by atoms with Crippen LogP contribution in [0.3, 0.4) is 0 Å². The van der Waals surface area contributed by atoms with E-state index in [2.05, 4.69) is 60.8 Å². The highest BCUT2D eigenvalue weighted by molar-refractivity contribution is 7.48. The van der Waals surface area contributed by atoms with Crippen molar-refractivity contribution in [3.05, 3.63) is 140 Å². The quantitative estimate of drug-likeness (QED) is 0.0391. The van der Waals surface area contributed by atoms with Gasteiger partial charge in [0.1, 0.15) is 72.2 Å². The number of hydrogen-bond acceptors (Lipinski definition) is 28. The first-order chi connectivity index (χ1) is 44.2. The van der Waals surface area contributed by atoms with Gasteiger partial charge >= 0.3 is 7.82 Å². The maximum Gasteiger partial charge on any atom is 0.475 e. The third-order valence-electron chi connectivity index (χ3n) is 15.1. The van der Waals surface area contributed by atoms with Crippen LogP contribution < -0.4 is 46.8 Å². The van der Waals surface area contributed by atoms with Crippen molar-refractivity contribution in [3.8, 4) is 17.2 Å². The molecular formula is C54H54N15O22P. The fraction of sp³-hybridized carbons (Fsp3) is 0.333. The molecule has 3 saturated heterocycles. The summed E-state index contributed by atoms with van der Waals surface area (Å²) >= 11 is 0. The number of hydrogen-bond donors (Lipinski definition) is 12. The van der Waals surface area contributed by atoms with E-state index in [0.29, 0.717) is 17.2 Å². The topological polar surface area (TPSA) is 500 Å². The van der Waals surface area contributed by atoms with Crippen molar-refractivity contribution >= 4 is 76.9 Å². The summed E-state index contributed by atoms with van der Waals surface area (Å²) in [6, 6.07) is 18.0. The number of H-pyrrole nitrogens is 3. The second-order valence-electron chi connectivity index (χ2n) is 20.7. The minimum atomic E-state index is -5.23. The zero-order chi connectivity index (χ0) is 64.9. The lowest BCUT2D eigenvalue weighted by Gasteiger charge is -2.24. The number of phosphoric ester groups is 1. The fourth-order valence-corrected chi connectivity index (χ4v) is 11.4. The van der Waals surface area contributed by atoms with Crippen LogP contribution in [-0.2, 0) is 32.3 Å². The van der Waals surface area contributed by atoms with E-state index in [1.165, 1.54) is 94.1 Å². The predicted octanol–water partition coefficient (Wildman–Crippen LogP) is -0.816. The van der Waals surface area contributed by atoms with Crippen LogP contribution in [0.15, 0.2) is 106 Å². The number of anilines is 3. The Morgan fingerprint density at radius 2 is 0.717 bits per heavy atom. The number of nitrogens with one attached hydrogen (secondary N) is 6. The number of benzene rings is 3. The van der Waals surface area contributed by atoms with Gasteiger partial charge in [-0.15, -0.1) is 0 Å². The SMILES string of the molecule is COc1ccc(C(=O)Nc2nc3c(ncn3[C@@H]3O[C@H](COP(=O)(OC[C@H]4O[C@@H](n5cnc6c(=O)[nH]c(NC(=O)c7ccc(OC)cc7)nc65)[C@H](O)[C@@H]4O)OC[C@H]4O[C@@H](n5cnc6c(=O)[nH]c(NC(=O)c7ccc(OC)cc7)nc65)[C@H](O)[C@@H]4O)[C@@H](O)[C@H]3O)c(=O)[nH]2)cc1. The van der Waals surface area contributed by atoms with Crippen LogP contribution in [0.25, 0.3) is 33.5 Å². The summed E-state index contributed by atoms with van der Waals surface area (Å²) in [4.78, 5) is 111. The molecule has 12 atom stereocenters. The number of ether oxygens (including phenoxy) is 6. The van der Waals surface area contributed by atoms with Gasteiger partial charge in [-0.1, -0.05) is 0 Å². The van der Waals surface area contributed by atoms with Gasteiger partial charge in [-0.3, -0.25) is 86.9 Å². The number of amides is 3. The molecule has 0 saturated carbocycles. The summed E-state index contributed by atoms with van der Waals surface area (Å²) in [7, 11) is -0.889. The molecule has 3 aromatic carbocycles. The molecule has 9 aromatic rings. The average molecular weight is 1300 g/mol. The number of carbonyl (C=O) groups is 3. The fourth-order valence-electron chi connectivity index (χ4n) is 10.2. The van der Waals surface area contributed by atoms with Gasteiger partial charge in [-0.25, -0.2) is 19.5 Å². The number of aliphatic hydroxyl groups is 6. The van der Waals surface area contributed by atoms with E-state index in [4.69, 9.17) is 42.0 Å². The van der Waals surface area contributed by atoms with Gasteiger partial charge in [0.05, 0.1) is 60.1 Å². The molecule has 3 aliphatic rings. The minimum Gasteiger partial charge on any atom is -0.497 e. The van der Waals surface area contributed by atoms with E-state index in [0.717, 1.165) is 32.7 Å². The molecule has 38 heteroatoms. The molecule has 92 heavy (non-hydrogen) atoms. The Bertz CT molecular complexity index is 4040. The van der Waals surface area contributed by atoms with Crippen LogP contribution in [-0.4, -0.2) is 203 Å². The zero-order valence-corrected chi connectivity index (χ0v) is 48.8. The lowest BCUT2D eigenvalue weighted by atomic mass is 10.1. The number of rotatable bonds is 21. The molecule has 0 aliphatic carbocycles. The zero-order valence-electron chi connectivity index (χ0n) is 47.9. The van der Waals surface area contributed by atoms with Crippen molar-refractivity contribution in [2.75, 3.05) is 57.1 Å². The molecule has 9 heterocycles. The molecule has 0 unspecified atom stereocenters. The van der Waals surface area contributed by atoms with Crippen LogP contribution >= 0.6 is 7.82 Å². The molecule has 3 aliphatic heterocycles. The number of nitrogens with zero attached hydrogens (tertiary/aromatic N) is 9. The summed E-state index contributed by atoms with van der Waals surface area (Å²) in [5, 5.41) is 75.9. The van der Waals surface area contributed by atoms with Gasteiger partial charge in [-0.2, -0.15) is 15.0 Å². The molecule has 3 amide bonds. The maximum atomic E-state index is 15.0. The highest BCUT2D eigenvalue weighted by Crippen LogP contribution is 2.52. The Morgan fingerprint density at radius 1 is 0.457 bits per heavy atom. The summed E-state index contributed by atoms with van der Waals surface area (Å²) < 4.78 is 68.9. The van der Waals surface area contributed by atoms with Crippen molar-refractivity contribution < 1.29 is 91.6 Å². The number of aromatic nitrogens is 12. The van der Waals surface area contributed by atoms with E-state index in [1.54, 1.807) is 0 Å². The van der Waals surface area contributed by atoms with Gasteiger partial charge in [0, 0.05) is 16.7 Å². The molecule has 12 N–H and O–H groups in total. The van der Waals surface area contributed by atoms with Crippen LogP contribution in [0.2, 0.25) is 0 Å². The van der Waals surface area contributed by atoms with Crippen LogP contribution in [0.1, 0.15) is 49.8 Å². The van der Waals surface area contributed by atoms with E-state index < -0.39 is 136 Å². The van der Waals surface area contributed by atoms with Gasteiger partial charge in [-0.05, 0) is 72.8 Å². The van der Waals surface area contributed by atoms with Gasteiger partial charge < -0.3 is 59.1 Å². The van der Waals surface area contributed by atoms with Gasteiger partial charge in [0.25, 0.3) is 34.4 Å². The second kappa shape index (κ2) is 25.5. The molecule has 12 rings (SSSR count). The Balaban J connectivity index is 0.777. The summed E-state index contributed by atoms with van der Waals surface area (Å²) in [5.74, 6) is -1.61. The Kier molecular flexibility index (Phi) is 17.3. The van der Waals surface area contributed by atoms with E-state index >= 15 is 4.57 Å². The first-order valence-electron chi connectivity index (χ1n) is 27.6. The molecule has 6 aromatic heterocycles. The number of carbonyl (C=O) groups excluding carboxylic acids is 3. The number of imidazole rings is 3. The highest BCUT2D eigenvalue weighted by Gasteiger charge is 2.50. The standard InChI is InChI=1S/C54H54N15O22P/c1-83-25-10-4-22(5-11-25)43(76)61-52-58-40-31(46(79)64-52)55-19-67(40)49-37(73)34(70)28(89-49)16-86-92(82,87-17-29-35(71)38(74)50(90-29)68-20-56-32-41(68)59-53(65-47(32)80)62-44(77)23-6-12-26(84-2)13-7-23)88-18-30-36(72)39(75)51(91-30)69-21-57-33-42(69)60-54(66-48(33)81)63-45(78)24-8-14-27(85-3)15-9-24/h4-15,19-21,28-30,34-39,49-51,70-75H,16-18H2,1-3H3,(H2,58,61,64,76,79)(H2,59,62,65,77,80)(H2,60,63,66,78,81)/t28-,29-,30-,34-,35-,36-,37-,38-,39-,49-,50-,51-/m1/s1. The Labute approximate surface area is 513 Å². The first-order valence-corrected chi connectivity index (χ1v) is 29.0. The minimum absolute atomic E-state index is 0.171.